The maximum Gasteiger partial charge on any atom is 0.195 e. The predicted molar refractivity (Wildman–Crippen MR) is 70.8 cm³/mol. The average molecular weight is 325 g/mol. The first-order valence-corrected chi connectivity index (χ1v) is 9.18. The lowest BCUT2D eigenvalue weighted by Crippen LogP contribution is -2.48. The van der Waals surface area contributed by atoms with E-state index in [9.17, 15) is 13.2 Å². The Morgan fingerprint density at radius 2 is 1.41 bits per heavy atom. The summed E-state index contributed by atoms with van der Waals surface area (Å²) in [6.07, 6.45) is 0. The lowest BCUT2D eigenvalue weighted by Gasteiger charge is -2.29. The minimum Gasteiger partial charge on any atom is -0.204 e. The van der Waals surface area contributed by atoms with Crippen LogP contribution in [0.3, 0.4) is 0 Å². The van der Waals surface area contributed by atoms with Gasteiger partial charge in [0, 0.05) is 0 Å². The van der Waals surface area contributed by atoms with Crippen molar-refractivity contribution in [1.29, 1.82) is 0 Å². The van der Waals surface area contributed by atoms with Gasteiger partial charge in [0.05, 0.1) is 12.5 Å². The molecule has 96 valence electrons. The second-order valence-corrected chi connectivity index (χ2v) is 10.3. The number of hydrogen-bond acceptors (Lipinski definition) is 0. The molecule has 1 aromatic rings. The molecule has 0 spiro atoms. The summed E-state index contributed by atoms with van der Waals surface area (Å²) in [5.74, 6) is -3.50. The zero-order valence-corrected chi connectivity index (χ0v) is 12.8. The Hall–Kier alpha value is -0.293. The van der Waals surface area contributed by atoms with Gasteiger partial charge < -0.3 is 0 Å². The molecule has 0 unspecified atom stereocenters. The van der Waals surface area contributed by atoms with Crippen molar-refractivity contribution in [3.8, 4) is 0 Å². The first kappa shape index (κ1) is 14.8. The highest BCUT2D eigenvalue weighted by atomic mass is 79.9. The first-order chi connectivity index (χ1) is 7.93. The van der Waals surface area contributed by atoms with E-state index in [4.69, 9.17) is 0 Å². The lowest BCUT2D eigenvalue weighted by atomic mass is 10.3. The smallest absolute Gasteiger partial charge is 0.195 e. The van der Waals surface area contributed by atoms with Crippen LogP contribution in [-0.4, -0.2) is 8.07 Å². The van der Waals surface area contributed by atoms with E-state index in [0.29, 0.717) is 5.19 Å². The highest BCUT2D eigenvalue weighted by Crippen LogP contribution is 2.26. The monoisotopic (exact) mass is 324 g/mol. The van der Waals surface area contributed by atoms with Crippen LogP contribution in [0.2, 0.25) is 18.1 Å². The molecule has 0 heterocycles. The zero-order chi connectivity index (χ0) is 13.2. The molecule has 0 fully saturated rings. The third-order valence-corrected chi connectivity index (χ3v) is 9.85. The molecule has 0 N–H and O–H groups in total. The molecular formula is C12H16BrF3Si. The normalized spacial score (nSPS) is 11.9. The van der Waals surface area contributed by atoms with E-state index < -0.39 is 25.5 Å². The Kier molecular flexibility index (Phi) is 4.83. The van der Waals surface area contributed by atoms with E-state index in [2.05, 4.69) is 15.9 Å². The molecule has 0 bridgehead atoms. The van der Waals surface area contributed by atoms with Crippen LogP contribution in [0.5, 0.6) is 0 Å². The van der Waals surface area contributed by atoms with Gasteiger partial charge in [0.15, 0.2) is 17.5 Å². The third kappa shape index (κ3) is 2.45. The first-order valence-electron chi connectivity index (χ1n) is 5.77. The van der Waals surface area contributed by atoms with E-state index in [-0.39, 0.29) is 4.47 Å². The Morgan fingerprint density at radius 1 is 0.941 bits per heavy atom. The van der Waals surface area contributed by atoms with Gasteiger partial charge in [0.25, 0.3) is 0 Å². The van der Waals surface area contributed by atoms with Crippen LogP contribution in [0.15, 0.2) is 10.5 Å². The molecule has 0 amide bonds. The molecular weight excluding hydrogens is 309 g/mol. The third-order valence-electron chi connectivity index (χ3n) is 3.70. The highest BCUT2D eigenvalue weighted by molar-refractivity contribution is 9.10. The van der Waals surface area contributed by atoms with Crippen LogP contribution in [0.25, 0.3) is 0 Å². The van der Waals surface area contributed by atoms with Crippen LogP contribution in [0.1, 0.15) is 20.8 Å². The number of rotatable bonds is 4. The molecule has 0 saturated heterocycles. The Morgan fingerprint density at radius 3 is 1.82 bits per heavy atom. The summed E-state index contributed by atoms with van der Waals surface area (Å²) >= 11 is 2.95. The van der Waals surface area contributed by atoms with Gasteiger partial charge in [-0.25, -0.2) is 13.2 Å². The fraction of sp³-hybridized carbons (Fsp3) is 0.500. The maximum atomic E-state index is 13.9. The van der Waals surface area contributed by atoms with Crippen molar-refractivity contribution in [3.05, 3.63) is 28.0 Å². The molecule has 0 aliphatic rings. The van der Waals surface area contributed by atoms with E-state index in [1.165, 1.54) is 6.07 Å². The van der Waals surface area contributed by atoms with Gasteiger partial charge in [-0.3, -0.25) is 0 Å². The number of hydrogen-bond donors (Lipinski definition) is 0. The summed E-state index contributed by atoms with van der Waals surface area (Å²) in [4.78, 5) is 0. The molecule has 17 heavy (non-hydrogen) atoms. The molecule has 5 heteroatoms. The minimum absolute atomic E-state index is 0.0126. The second kappa shape index (κ2) is 5.57. The van der Waals surface area contributed by atoms with Crippen molar-refractivity contribution in [2.75, 3.05) is 0 Å². The zero-order valence-electron chi connectivity index (χ0n) is 10.2. The average Bonchev–Trinajstić information content (AvgIpc) is 2.35. The molecule has 0 nitrogen and oxygen atoms in total. The topological polar surface area (TPSA) is 0 Å². The Labute approximate surface area is 109 Å². The summed E-state index contributed by atoms with van der Waals surface area (Å²) < 4.78 is 40.6. The number of benzene rings is 1. The Balaban J connectivity index is 3.50. The molecule has 1 aromatic carbocycles. The van der Waals surface area contributed by atoms with E-state index >= 15 is 0 Å². The molecule has 1 rings (SSSR count). The van der Waals surface area contributed by atoms with Crippen LogP contribution < -0.4 is 5.19 Å². The van der Waals surface area contributed by atoms with Crippen molar-refractivity contribution in [3.63, 3.8) is 0 Å². The Bertz CT molecular complexity index is 408. The summed E-state index contributed by atoms with van der Waals surface area (Å²) in [5, 5.41) is 0.399. The van der Waals surface area contributed by atoms with Crippen LogP contribution in [0, 0.1) is 17.5 Å². The van der Waals surface area contributed by atoms with Gasteiger partial charge in [0.2, 0.25) is 0 Å². The fourth-order valence-corrected chi connectivity index (χ4v) is 6.56. The van der Waals surface area contributed by atoms with Gasteiger partial charge in [-0.05, 0) is 27.2 Å². The quantitative estimate of drug-likeness (QED) is 0.432. The van der Waals surface area contributed by atoms with Crippen molar-refractivity contribution in [1.82, 2.24) is 0 Å². The summed E-state index contributed by atoms with van der Waals surface area (Å²) in [6.45, 7) is 5.98. The fourth-order valence-electron chi connectivity index (χ4n) is 2.28. The van der Waals surface area contributed by atoms with Gasteiger partial charge in [0.1, 0.15) is 0 Å². The molecule has 0 atom stereocenters. The van der Waals surface area contributed by atoms with Gasteiger partial charge in [-0.15, -0.1) is 0 Å². The van der Waals surface area contributed by atoms with Crippen molar-refractivity contribution >= 4 is 29.2 Å². The van der Waals surface area contributed by atoms with Gasteiger partial charge in [-0.1, -0.05) is 38.9 Å². The van der Waals surface area contributed by atoms with E-state index in [0.717, 1.165) is 18.1 Å². The number of halogens is 4. The van der Waals surface area contributed by atoms with Crippen LogP contribution in [-0.2, 0) is 0 Å². The SMILES string of the molecule is CC[Si](CC)(CC)c1cc(Br)c(F)c(F)c1F. The standard InChI is InChI=1S/C12H16BrF3Si/c1-4-17(5-2,6-3)9-7-8(13)10(14)12(16)11(9)15/h7H,4-6H2,1-3H3. The highest BCUT2D eigenvalue weighted by Gasteiger charge is 2.34. The van der Waals surface area contributed by atoms with Crippen molar-refractivity contribution in [2.24, 2.45) is 0 Å². The molecule has 0 aliphatic heterocycles. The maximum absolute atomic E-state index is 13.9. The van der Waals surface area contributed by atoms with Crippen LogP contribution in [0.4, 0.5) is 13.2 Å². The van der Waals surface area contributed by atoms with Gasteiger partial charge >= 0.3 is 0 Å². The summed E-state index contributed by atoms with van der Waals surface area (Å²) in [5.41, 5.74) is 0. The molecule has 0 saturated carbocycles. The summed E-state index contributed by atoms with van der Waals surface area (Å²) in [6, 6.07) is 3.91. The molecule has 0 aromatic heterocycles. The molecule has 0 aliphatic carbocycles. The van der Waals surface area contributed by atoms with E-state index in [1.807, 2.05) is 20.8 Å². The lowest BCUT2D eigenvalue weighted by molar-refractivity contribution is 0.447. The van der Waals surface area contributed by atoms with E-state index in [1.54, 1.807) is 0 Å². The minimum atomic E-state index is -2.04. The predicted octanol–water partition coefficient (Wildman–Crippen LogP) is 4.58. The van der Waals surface area contributed by atoms with Crippen molar-refractivity contribution < 1.29 is 13.2 Å². The molecule has 0 radical (unpaired) electrons. The second-order valence-electron chi connectivity index (χ2n) is 4.19. The summed E-state index contributed by atoms with van der Waals surface area (Å²) in [7, 11) is -2.04. The largest absolute Gasteiger partial charge is 0.204 e. The van der Waals surface area contributed by atoms with Gasteiger partial charge in [-0.2, -0.15) is 0 Å². The van der Waals surface area contributed by atoms with Crippen molar-refractivity contribution in [2.45, 2.75) is 38.9 Å². The van der Waals surface area contributed by atoms with Crippen LogP contribution >= 0.6 is 15.9 Å².